The Bertz CT molecular complexity index is 762. The van der Waals surface area contributed by atoms with Crippen LogP contribution < -0.4 is 5.73 Å². The number of anilines is 1. The highest BCUT2D eigenvalue weighted by Crippen LogP contribution is 2.29. The van der Waals surface area contributed by atoms with E-state index in [0.717, 1.165) is 22.2 Å². The molecular formula is C13H10N4O2. The summed E-state index contributed by atoms with van der Waals surface area (Å²) >= 11 is 0. The Morgan fingerprint density at radius 1 is 1.16 bits per heavy atom. The standard InChI is InChI=1S/C13H10N4O2/c14-11-3-1-2-10-12(15-16-13(10)11)8-4-6-9(7-5-8)17(18)19/h1-7H,14H2,(H,15,16). The van der Waals surface area contributed by atoms with Crippen LogP contribution in [0.25, 0.3) is 22.2 Å². The highest BCUT2D eigenvalue weighted by Gasteiger charge is 2.11. The number of aromatic nitrogens is 2. The average molecular weight is 254 g/mol. The minimum atomic E-state index is -0.426. The molecule has 0 aliphatic carbocycles. The van der Waals surface area contributed by atoms with Crippen LogP contribution in [0.5, 0.6) is 0 Å². The van der Waals surface area contributed by atoms with Gasteiger partial charge in [-0.2, -0.15) is 5.10 Å². The number of nitrogens with one attached hydrogen (secondary N) is 1. The molecule has 0 atom stereocenters. The summed E-state index contributed by atoms with van der Waals surface area (Å²) in [5.41, 5.74) is 8.85. The number of benzene rings is 2. The number of hydrogen-bond donors (Lipinski definition) is 2. The van der Waals surface area contributed by atoms with Crippen LogP contribution in [0, 0.1) is 10.1 Å². The lowest BCUT2D eigenvalue weighted by atomic mass is 10.1. The van der Waals surface area contributed by atoms with E-state index in [1.165, 1.54) is 12.1 Å². The lowest BCUT2D eigenvalue weighted by molar-refractivity contribution is -0.384. The number of nitrogens with zero attached hydrogens (tertiary/aromatic N) is 2. The fourth-order valence-electron chi connectivity index (χ4n) is 2.03. The monoisotopic (exact) mass is 254 g/mol. The number of nitro benzene ring substituents is 1. The van der Waals surface area contributed by atoms with Crippen molar-refractivity contribution >= 4 is 22.3 Å². The lowest BCUT2D eigenvalue weighted by Crippen LogP contribution is -1.87. The molecule has 19 heavy (non-hydrogen) atoms. The second-order valence-electron chi connectivity index (χ2n) is 4.15. The summed E-state index contributed by atoms with van der Waals surface area (Å²) in [6, 6.07) is 11.8. The van der Waals surface area contributed by atoms with Gasteiger partial charge in [0.05, 0.1) is 21.8 Å². The van der Waals surface area contributed by atoms with Crippen LogP contribution in [0.3, 0.4) is 0 Å². The van der Waals surface area contributed by atoms with Crippen molar-refractivity contribution in [3.8, 4) is 11.3 Å². The number of fused-ring (bicyclic) bond motifs is 1. The van der Waals surface area contributed by atoms with Gasteiger partial charge in [0, 0.05) is 23.1 Å². The van der Waals surface area contributed by atoms with E-state index in [0.29, 0.717) is 5.69 Å². The van der Waals surface area contributed by atoms with Crippen LogP contribution >= 0.6 is 0 Å². The Labute approximate surface area is 108 Å². The smallest absolute Gasteiger partial charge is 0.269 e. The minimum Gasteiger partial charge on any atom is -0.397 e. The maximum Gasteiger partial charge on any atom is 0.269 e. The topological polar surface area (TPSA) is 97.8 Å². The third kappa shape index (κ3) is 1.79. The van der Waals surface area contributed by atoms with Gasteiger partial charge in [0.15, 0.2) is 0 Å². The van der Waals surface area contributed by atoms with Crippen molar-refractivity contribution < 1.29 is 4.92 Å². The molecule has 0 radical (unpaired) electrons. The predicted octanol–water partition coefficient (Wildman–Crippen LogP) is 2.72. The number of H-pyrrole nitrogens is 1. The molecule has 0 aliphatic heterocycles. The molecule has 0 unspecified atom stereocenters. The first kappa shape index (κ1) is 11.2. The molecule has 2 aromatic carbocycles. The van der Waals surface area contributed by atoms with E-state index in [-0.39, 0.29) is 5.69 Å². The number of rotatable bonds is 2. The molecule has 1 aromatic heterocycles. The van der Waals surface area contributed by atoms with E-state index in [9.17, 15) is 10.1 Å². The maximum atomic E-state index is 10.6. The molecule has 94 valence electrons. The first-order valence-electron chi connectivity index (χ1n) is 5.64. The molecule has 3 aromatic rings. The van der Waals surface area contributed by atoms with E-state index in [4.69, 9.17) is 5.73 Å². The van der Waals surface area contributed by atoms with Crippen LogP contribution in [0.4, 0.5) is 11.4 Å². The fourth-order valence-corrected chi connectivity index (χ4v) is 2.03. The SMILES string of the molecule is Nc1cccc2c(-c3ccc([N+](=O)[O-])cc3)n[nH]c12. The predicted molar refractivity (Wildman–Crippen MR) is 72.6 cm³/mol. The number of para-hydroxylation sites is 1. The van der Waals surface area contributed by atoms with Gasteiger partial charge in [-0.05, 0) is 18.2 Å². The molecule has 0 bridgehead atoms. The first-order chi connectivity index (χ1) is 9.16. The molecule has 0 spiro atoms. The van der Waals surface area contributed by atoms with E-state index >= 15 is 0 Å². The summed E-state index contributed by atoms with van der Waals surface area (Å²) in [6.07, 6.45) is 0. The number of non-ortho nitro benzene ring substituents is 1. The molecular weight excluding hydrogens is 244 g/mol. The van der Waals surface area contributed by atoms with E-state index < -0.39 is 4.92 Å². The van der Waals surface area contributed by atoms with Crippen molar-refractivity contribution in [2.45, 2.75) is 0 Å². The van der Waals surface area contributed by atoms with Crippen molar-refractivity contribution in [1.29, 1.82) is 0 Å². The molecule has 1 heterocycles. The molecule has 0 amide bonds. The molecule has 3 N–H and O–H groups in total. The van der Waals surface area contributed by atoms with Crippen LogP contribution in [-0.2, 0) is 0 Å². The lowest BCUT2D eigenvalue weighted by Gasteiger charge is -1.98. The van der Waals surface area contributed by atoms with Crippen LogP contribution in [0.15, 0.2) is 42.5 Å². The normalized spacial score (nSPS) is 10.7. The Kier molecular flexibility index (Phi) is 2.42. The van der Waals surface area contributed by atoms with Crippen molar-refractivity contribution in [3.63, 3.8) is 0 Å². The zero-order valence-corrected chi connectivity index (χ0v) is 9.83. The highest BCUT2D eigenvalue weighted by molar-refractivity contribution is 5.98. The van der Waals surface area contributed by atoms with Gasteiger partial charge in [-0.25, -0.2) is 0 Å². The largest absolute Gasteiger partial charge is 0.397 e. The second-order valence-corrected chi connectivity index (χ2v) is 4.15. The summed E-state index contributed by atoms with van der Waals surface area (Å²) < 4.78 is 0. The fraction of sp³-hybridized carbons (Fsp3) is 0. The summed E-state index contributed by atoms with van der Waals surface area (Å²) in [5, 5.41) is 18.6. The van der Waals surface area contributed by atoms with Crippen molar-refractivity contribution in [1.82, 2.24) is 10.2 Å². The van der Waals surface area contributed by atoms with Gasteiger partial charge < -0.3 is 5.73 Å². The number of nitrogens with two attached hydrogens (primary N) is 1. The van der Waals surface area contributed by atoms with Crippen LogP contribution in [-0.4, -0.2) is 15.1 Å². The maximum absolute atomic E-state index is 10.6. The van der Waals surface area contributed by atoms with Crippen molar-refractivity contribution in [3.05, 3.63) is 52.6 Å². The van der Waals surface area contributed by atoms with E-state index in [1.807, 2.05) is 12.1 Å². The van der Waals surface area contributed by atoms with Crippen LogP contribution in [0.2, 0.25) is 0 Å². The van der Waals surface area contributed by atoms with E-state index in [2.05, 4.69) is 10.2 Å². The van der Waals surface area contributed by atoms with E-state index in [1.54, 1.807) is 18.2 Å². The number of aromatic amines is 1. The molecule has 0 aliphatic rings. The van der Waals surface area contributed by atoms with Crippen LogP contribution in [0.1, 0.15) is 0 Å². The van der Waals surface area contributed by atoms with Gasteiger partial charge in [0.25, 0.3) is 5.69 Å². The zero-order valence-electron chi connectivity index (χ0n) is 9.83. The number of nitrogen functional groups attached to an aromatic ring is 1. The number of hydrogen-bond acceptors (Lipinski definition) is 4. The average Bonchev–Trinajstić information content (AvgIpc) is 2.84. The number of nitro groups is 1. The first-order valence-corrected chi connectivity index (χ1v) is 5.64. The van der Waals surface area contributed by atoms with Gasteiger partial charge in [0.1, 0.15) is 0 Å². The molecule has 3 rings (SSSR count). The molecule has 6 nitrogen and oxygen atoms in total. The van der Waals surface area contributed by atoms with Gasteiger partial charge >= 0.3 is 0 Å². The van der Waals surface area contributed by atoms with Gasteiger partial charge in [0.2, 0.25) is 0 Å². The second kappa shape index (κ2) is 4.09. The Hall–Kier alpha value is -2.89. The molecule has 0 fully saturated rings. The molecule has 0 saturated carbocycles. The summed E-state index contributed by atoms with van der Waals surface area (Å²) in [7, 11) is 0. The molecule has 0 saturated heterocycles. The Morgan fingerprint density at radius 2 is 1.89 bits per heavy atom. The summed E-state index contributed by atoms with van der Waals surface area (Å²) in [4.78, 5) is 10.2. The highest BCUT2D eigenvalue weighted by atomic mass is 16.6. The summed E-state index contributed by atoms with van der Waals surface area (Å²) in [6.45, 7) is 0. The van der Waals surface area contributed by atoms with Crippen molar-refractivity contribution in [2.75, 3.05) is 5.73 Å². The molecule has 6 heteroatoms. The summed E-state index contributed by atoms with van der Waals surface area (Å²) in [5.74, 6) is 0. The minimum absolute atomic E-state index is 0.0584. The third-order valence-electron chi connectivity index (χ3n) is 2.98. The zero-order chi connectivity index (χ0) is 13.4. The van der Waals surface area contributed by atoms with Gasteiger partial charge in [-0.15, -0.1) is 0 Å². The van der Waals surface area contributed by atoms with Gasteiger partial charge in [-0.1, -0.05) is 12.1 Å². The van der Waals surface area contributed by atoms with Gasteiger partial charge in [-0.3, -0.25) is 15.2 Å². The third-order valence-corrected chi connectivity index (χ3v) is 2.98. The Morgan fingerprint density at radius 3 is 2.58 bits per heavy atom. The quantitative estimate of drug-likeness (QED) is 0.417. The van der Waals surface area contributed by atoms with Crippen molar-refractivity contribution in [2.24, 2.45) is 0 Å². The Balaban J connectivity index is 2.14.